The van der Waals surface area contributed by atoms with Crippen molar-refractivity contribution in [1.29, 1.82) is 0 Å². The van der Waals surface area contributed by atoms with Gasteiger partial charge < -0.3 is 10.2 Å². The molecule has 0 fully saturated rings. The van der Waals surface area contributed by atoms with E-state index >= 15 is 0 Å². The number of phenolic OH excluding ortho intramolecular Hbond substituents is 2. The van der Waals surface area contributed by atoms with E-state index in [0.717, 1.165) is 6.42 Å². The van der Waals surface area contributed by atoms with Crippen molar-refractivity contribution < 1.29 is 15.0 Å². The maximum Gasteiger partial charge on any atom is 0.167 e. The van der Waals surface area contributed by atoms with Crippen LogP contribution in [0.25, 0.3) is 0 Å². The normalized spacial score (nSPS) is 19.8. The van der Waals surface area contributed by atoms with Crippen LogP contribution in [-0.4, -0.2) is 16.0 Å². The Bertz CT molecular complexity index is 396. The van der Waals surface area contributed by atoms with Crippen LogP contribution in [0.15, 0.2) is 12.1 Å². The number of rotatable bonds is 1. The molecule has 2 N–H and O–H groups in total. The first-order valence-electron chi connectivity index (χ1n) is 4.73. The fourth-order valence-electron chi connectivity index (χ4n) is 2.08. The minimum atomic E-state index is -0.0692. The summed E-state index contributed by atoms with van der Waals surface area (Å²) in [5.74, 6) is 0.0964. The van der Waals surface area contributed by atoms with E-state index in [4.69, 9.17) is 0 Å². The highest BCUT2D eigenvalue weighted by Crippen LogP contribution is 2.44. The zero-order valence-electron chi connectivity index (χ0n) is 7.95. The summed E-state index contributed by atoms with van der Waals surface area (Å²) in [6, 6.07) is 2.81. The Morgan fingerprint density at radius 1 is 1.36 bits per heavy atom. The van der Waals surface area contributed by atoms with Crippen LogP contribution in [-0.2, 0) is 0 Å². The Morgan fingerprint density at radius 2 is 2.00 bits per heavy atom. The van der Waals surface area contributed by atoms with Gasteiger partial charge in [-0.25, -0.2) is 0 Å². The second-order valence-electron chi connectivity index (χ2n) is 3.62. The monoisotopic (exact) mass is 192 g/mol. The highest BCUT2D eigenvalue weighted by Gasteiger charge is 2.33. The molecule has 0 spiro atoms. The van der Waals surface area contributed by atoms with Crippen molar-refractivity contribution in [3.63, 3.8) is 0 Å². The van der Waals surface area contributed by atoms with E-state index in [1.54, 1.807) is 0 Å². The highest BCUT2D eigenvalue weighted by atomic mass is 16.3. The van der Waals surface area contributed by atoms with Gasteiger partial charge in [0.1, 0.15) is 11.5 Å². The van der Waals surface area contributed by atoms with E-state index in [1.165, 1.54) is 12.1 Å². The molecule has 1 aliphatic rings. The molecule has 0 amide bonds. The summed E-state index contributed by atoms with van der Waals surface area (Å²) in [5.41, 5.74) is 0.939. The van der Waals surface area contributed by atoms with Gasteiger partial charge in [-0.3, -0.25) is 4.79 Å². The van der Waals surface area contributed by atoms with Gasteiger partial charge in [0, 0.05) is 12.0 Å². The zero-order chi connectivity index (χ0) is 10.3. The molecule has 0 aliphatic heterocycles. The van der Waals surface area contributed by atoms with Crippen molar-refractivity contribution in [3.05, 3.63) is 23.3 Å². The fraction of sp³-hybridized carbons (Fsp3) is 0.364. The molecule has 14 heavy (non-hydrogen) atoms. The van der Waals surface area contributed by atoms with Crippen LogP contribution in [0.1, 0.15) is 41.6 Å². The third-order valence-electron chi connectivity index (χ3n) is 2.81. The summed E-state index contributed by atoms with van der Waals surface area (Å²) in [7, 11) is 0. The number of hydrogen-bond donors (Lipinski definition) is 2. The lowest BCUT2D eigenvalue weighted by Crippen LogP contribution is -1.91. The van der Waals surface area contributed by atoms with Gasteiger partial charge >= 0.3 is 0 Å². The topological polar surface area (TPSA) is 57.5 Å². The van der Waals surface area contributed by atoms with Crippen molar-refractivity contribution in [2.24, 2.45) is 0 Å². The summed E-state index contributed by atoms with van der Waals surface area (Å²) < 4.78 is 0. The molecular formula is C11H12O3. The standard InChI is InChI=1S/C11H12O3/c1-2-6-5-9(14)11-8(13)4-3-7(12)10(6)11/h3-4,6,12-13H,2,5H2,1H3. The maximum atomic E-state index is 11.5. The van der Waals surface area contributed by atoms with Crippen molar-refractivity contribution >= 4 is 5.78 Å². The predicted octanol–water partition coefficient (Wildman–Crippen LogP) is 2.18. The van der Waals surface area contributed by atoms with Crippen LogP contribution in [0.3, 0.4) is 0 Å². The molecule has 0 bridgehead atoms. The summed E-state index contributed by atoms with van der Waals surface area (Å²) in [4.78, 5) is 11.5. The van der Waals surface area contributed by atoms with Crippen molar-refractivity contribution in [2.45, 2.75) is 25.7 Å². The van der Waals surface area contributed by atoms with Crippen molar-refractivity contribution in [3.8, 4) is 11.5 Å². The number of aromatic hydroxyl groups is 2. The molecule has 3 heteroatoms. The first-order valence-corrected chi connectivity index (χ1v) is 4.73. The average Bonchev–Trinajstić information content (AvgIpc) is 2.50. The molecule has 0 radical (unpaired) electrons. The molecule has 1 aromatic rings. The van der Waals surface area contributed by atoms with Crippen LogP contribution in [0.2, 0.25) is 0 Å². The molecule has 0 aromatic heterocycles. The second-order valence-corrected chi connectivity index (χ2v) is 3.62. The van der Waals surface area contributed by atoms with Crippen molar-refractivity contribution in [1.82, 2.24) is 0 Å². The first-order chi connectivity index (χ1) is 6.65. The van der Waals surface area contributed by atoms with Gasteiger partial charge in [-0.1, -0.05) is 6.92 Å². The molecule has 0 saturated carbocycles. The summed E-state index contributed by atoms with van der Waals surface area (Å²) in [6.45, 7) is 1.97. The number of hydrogen-bond acceptors (Lipinski definition) is 3. The van der Waals surface area contributed by atoms with E-state index in [2.05, 4.69) is 0 Å². The molecule has 3 nitrogen and oxygen atoms in total. The van der Waals surface area contributed by atoms with Gasteiger partial charge in [0.05, 0.1) is 5.56 Å². The lowest BCUT2D eigenvalue weighted by Gasteiger charge is -2.09. The Morgan fingerprint density at radius 3 is 2.64 bits per heavy atom. The molecule has 0 saturated heterocycles. The molecule has 1 unspecified atom stereocenters. The Hall–Kier alpha value is -1.51. The second kappa shape index (κ2) is 3.01. The number of carbonyl (C=O) groups is 1. The van der Waals surface area contributed by atoms with E-state index in [1.807, 2.05) is 6.92 Å². The smallest absolute Gasteiger partial charge is 0.167 e. The first kappa shape index (κ1) is 9.06. The minimum Gasteiger partial charge on any atom is -0.508 e. The number of phenols is 2. The lowest BCUT2D eigenvalue weighted by molar-refractivity contribution is 0.0986. The highest BCUT2D eigenvalue weighted by molar-refractivity contribution is 6.04. The third kappa shape index (κ3) is 1.09. The summed E-state index contributed by atoms with van der Waals surface area (Å²) in [6.07, 6.45) is 1.20. The molecular weight excluding hydrogens is 180 g/mol. The van der Waals surface area contributed by atoms with Crippen LogP contribution in [0.5, 0.6) is 11.5 Å². The quantitative estimate of drug-likeness (QED) is 0.670. The molecule has 1 aromatic carbocycles. The van der Waals surface area contributed by atoms with Crippen LogP contribution in [0.4, 0.5) is 0 Å². The van der Waals surface area contributed by atoms with Gasteiger partial charge in [0.15, 0.2) is 5.78 Å². The number of carbonyl (C=O) groups excluding carboxylic acids is 1. The van der Waals surface area contributed by atoms with Crippen LogP contribution in [0, 0.1) is 0 Å². The summed E-state index contributed by atoms with van der Waals surface area (Å²) in [5, 5.41) is 19.1. The molecule has 2 rings (SSSR count). The molecule has 0 heterocycles. The predicted molar refractivity (Wildman–Crippen MR) is 51.8 cm³/mol. The van der Waals surface area contributed by atoms with E-state index in [0.29, 0.717) is 17.5 Å². The van der Waals surface area contributed by atoms with Gasteiger partial charge in [-0.05, 0) is 24.5 Å². The van der Waals surface area contributed by atoms with Gasteiger partial charge in [-0.15, -0.1) is 0 Å². The Labute approximate surface area is 82.0 Å². The number of benzene rings is 1. The SMILES string of the molecule is CCC1CC(=O)c2c(O)ccc(O)c21. The van der Waals surface area contributed by atoms with Crippen molar-refractivity contribution in [2.75, 3.05) is 0 Å². The lowest BCUT2D eigenvalue weighted by atomic mass is 9.97. The zero-order valence-corrected chi connectivity index (χ0v) is 7.95. The van der Waals surface area contributed by atoms with Gasteiger partial charge in [0.2, 0.25) is 0 Å². The van der Waals surface area contributed by atoms with Crippen LogP contribution < -0.4 is 0 Å². The number of Topliss-reactive ketones (excluding diaryl/α,β-unsaturated/α-hetero) is 1. The molecule has 1 aliphatic carbocycles. The average molecular weight is 192 g/mol. The Kier molecular flexibility index (Phi) is 1.95. The van der Waals surface area contributed by atoms with Gasteiger partial charge in [0.25, 0.3) is 0 Å². The van der Waals surface area contributed by atoms with E-state index in [-0.39, 0.29) is 23.2 Å². The van der Waals surface area contributed by atoms with E-state index < -0.39 is 0 Å². The van der Waals surface area contributed by atoms with Gasteiger partial charge in [-0.2, -0.15) is 0 Å². The number of ketones is 1. The fourth-order valence-corrected chi connectivity index (χ4v) is 2.08. The summed E-state index contributed by atoms with van der Waals surface area (Å²) >= 11 is 0. The largest absolute Gasteiger partial charge is 0.508 e. The minimum absolute atomic E-state index is 0.0150. The number of fused-ring (bicyclic) bond motifs is 1. The molecule has 74 valence electrons. The van der Waals surface area contributed by atoms with E-state index in [9.17, 15) is 15.0 Å². The maximum absolute atomic E-state index is 11.5. The third-order valence-corrected chi connectivity index (χ3v) is 2.81. The van der Waals surface area contributed by atoms with Crippen LogP contribution >= 0.6 is 0 Å². The Balaban J connectivity index is 2.66. The molecule has 1 atom stereocenters.